The molecule has 0 bridgehead atoms. The second kappa shape index (κ2) is 15.6. The van der Waals surface area contributed by atoms with Gasteiger partial charge in [-0.15, -0.1) is 10.2 Å². The minimum absolute atomic E-state index is 0.643. The summed E-state index contributed by atoms with van der Waals surface area (Å²) < 4.78 is 0. The molecule has 0 radical (unpaired) electrons. The molecular weight excluding hydrogens is 420 g/mol. The first-order valence-corrected chi connectivity index (χ1v) is 15.0. The van der Waals surface area contributed by atoms with Gasteiger partial charge in [0.1, 0.15) is 10.0 Å². The van der Waals surface area contributed by atoms with Crippen molar-refractivity contribution in [2.45, 2.75) is 135 Å². The Labute approximate surface area is 208 Å². The van der Waals surface area contributed by atoms with Crippen molar-refractivity contribution in [1.82, 2.24) is 10.2 Å². The molecule has 1 aliphatic carbocycles. The Morgan fingerprint density at radius 1 is 0.697 bits per heavy atom. The summed E-state index contributed by atoms with van der Waals surface area (Å²) >= 11 is 1.83. The SMILES string of the molecule is CCCCCCCCCCc1ccc(-c2nnc(C3CCC(CCCCCC)CC3)s2)cc1. The summed E-state index contributed by atoms with van der Waals surface area (Å²) in [6.07, 6.45) is 24.7. The molecule has 1 aromatic heterocycles. The van der Waals surface area contributed by atoms with Crippen molar-refractivity contribution in [3.63, 3.8) is 0 Å². The van der Waals surface area contributed by atoms with Crippen molar-refractivity contribution in [2.24, 2.45) is 5.92 Å². The van der Waals surface area contributed by atoms with Gasteiger partial charge in [-0.2, -0.15) is 0 Å². The maximum atomic E-state index is 4.62. The van der Waals surface area contributed by atoms with E-state index in [4.69, 9.17) is 0 Å². The summed E-state index contributed by atoms with van der Waals surface area (Å²) in [5, 5.41) is 11.6. The topological polar surface area (TPSA) is 25.8 Å². The van der Waals surface area contributed by atoms with Gasteiger partial charge in [0.2, 0.25) is 0 Å². The largest absolute Gasteiger partial charge is 0.147 e. The molecule has 1 aliphatic rings. The number of hydrogen-bond donors (Lipinski definition) is 0. The first-order valence-electron chi connectivity index (χ1n) is 14.2. The van der Waals surface area contributed by atoms with Gasteiger partial charge in [0, 0.05) is 11.5 Å². The van der Waals surface area contributed by atoms with Crippen LogP contribution in [0.3, 0.4) is 0 Å². The number of hydrogen-bond acceptors (Lipinski definition) is 3. The zero-order chi connectivity index (χ0) is 23.1. The highest BCUT2D eigenvalue weighted by Gasteiger charge is 2.25. The van der Waals surface area contributed by atoms with E-state index >= 15 is 0 Å². The Hall–Kier alpha value is -1.22. The van der Waals surface area contributed by atoms with Crippen LogP contribution in [0.15, 0.2) is 24.3 Å². The van der Waals surface area contributed by atoms with Crippen molar-refractivity contribution in [2.75, 3.05) is 0 Å². The number of rotatable bonds is 16. The van der Waals surface area contributed by atoms with Crippen molar-refractivity contribution < 1.29 is 0 Å². The van der Waals surface area contributed by atoms with E-state index in [0.717, 1.165) is 10.9 Å². The minimum atomic E-state index is 0.643. The third-order valence-electron chi connectivity index (χ3n) is 7.62. The molecule has 0 atom stereocenters. The van der Waals surface area contributed by atoms with Crippen LogP contribution in [-0.2, 0) is 6.42 Å². The zero-order valence-electron chi connectivity index (χ0n) is 21.5. The highest BCUT2D eigenvalue weighted by molar-refractivity contribution is 7.14. The predicted octanol–water partition coefficient (Wildman–Crippen LogP) is 10.1. The van der Waals surface area contributed by atoms with Crippen LogP contribution in [0.4, 0.5) is 0 Å². The van der Waals surface area contributed by atoms with E-state index in [2.05, 4.69) is 48.3 Å². The van der Waals surface area contributed by atoms with E-state index in [1.165, 1.54) is 132 Å². The second-order valence-corrected chi connectivity index (χ2v) is 11.4. The van der Waals surface area contributed by atoms with Crippen LogP contribution in [-0.4, -0.2) is 10.2 Å². The molecule has 0 aliphatic heterocycles. The summed E-state index contributed by atoms with van der Waals surface area (Å²) in [6, 6.07) is 9.14. The summed E-state index contributed by atoms with van der Waals surface area (Å²) in [7, 11) is 0. The number of aryl methyl sites for hydroxylation is 1. The van der Waals surface area contributed by atoms with Crippen LogP contribution < -0.4 is 0 Å². The quantitative estimate of drug-likeness (QED) is 0.229. The van der Waals surface area contributed by atoms with Crippen LogP contribution in [0, 0.1) is 5.92 Å². The molecule has 2 aromatic rings. The normalized spacial score (nSPS) is 18.6. The van der Waals surface area contributed by atoms with Gasteiger partial charge < -0.3 is 0 Å². The molecule has 0 amide bonds. The molecule has 33 heavy (non-hydrogen) atoms. The van der Waals surface area contributed by atoms with Crippen LogP contribution in [0.1, 0.15) is 139 Å². The Morgan fingerprint density at radius 3 is 1.97 bits per heavy atom. The molecule has 0 spiro atoms. The monoisotopic (exact) mass is 468 g/mol. The lowest BCUT2D eigenvalue weighted by molar-refractivity contribution is 0.301. The lowest BCUT2D eigenvalue weighted by atomic mass is 9.80. The standard InChI is InChI=1S/C30H48N2S/c1-3-5-7-9-10-11-12-14-16-26-19-23-28(24-20-26)30-32-31-29(33-30)27-21-17-25(18-22-27)15-13-8-6-4-2/h19-20,23-25,27H,3-18,21-22H2,1-2H3. The number of aromatic nitrogens is 2. The number of nitrogens with zero attached hydrogens (tertiary/aromatic N) is 2. The molecule has 1 saturated carbocycles. The predicted molar refractivity (Wildman–Crippen MR) is 145 cm³/mol. The van der Waals surface area contributed by atoms with Crippen molar-refractivity contribution in [1.29, 1.82) is 0 Å². The van der Waals surface area contributed by atoms with Gasteiger partial charge >= 0.3 is 0 Å². The Kier molecular flexibility index (Phi) is 12.5. The highest BCUT2D eigenvalue weighted by Crippen LogP contribution is 2.40. The Morgan fingerprint density at radius 2 is 1.30 bits per heavy atom. The molecule has 1 aromatic carbocycles. The number of benzene rings is 1. The molecule has 1 heterocycles. The Bertz CT molecular complexity index is 743. The van der Waals surface area contributed by atoms with Crippen molar-refractivity contribution in [3.8, 4) is 10.6 Å². The average molecular weight is 469 g/mol. The average Bonchev–Trinajstić information content (AvgIpc) is 3.35. The highest BCUT2D eigenvalue weighted by atomic mass is 32.1. The van der Waals surface area contributed by atoms with E-state index in [1.54, 1.807) is 0 Å². The fourth-order valence-corrected chi connectivity index (χ4v) is 6.37. The molecule has 0 unspecified atom stereocenters. The van der Waals surface area contributed by atoms with E-state index in [1.807, 2.05) is 11.3 Å². The second-order valence-electron chi connectivity index (χ2n) is 10.4. The summed E-state index contributed by atoms with van der Waals surface area (Å²) in [4.78, 5) is 0. The summed E-state index contributed by atoms with van der Waals surface area (Å²) in [5.74, 6) is 1.60. The lowest BCUT2D eigenvalue weighted by Crippen LogP contribution is -2.13. The van der Waals surface area contributed by atoms with E-state index in [9.17, 15) is 0 Å². The summed E-state index contributed by atoms with van der Waals surface area (Å²) in [5.41, 5.74) is 2.70. The van der Waals surface area contributed by atoms with Crippen molar-refractivity contribution in [3.05, 3.63) is 34.8 Å². The maximum absolute atomic E-state index is 4.62. The van der Waals surface area contributed by atoms with Gasteiger partial charge in [0.15, 0.2) is 0 Å². The molecule has 1 fully saturated rings. The van der Waals surface area contributed by atoms with Crippen LogP contribution in [0.25, 0.3) is 10.6 Å². The van der Waals surface area contributed by atoms with Gasteiger partial charge in [-0.25, -0.2) is 0 Å². The fraction of sp³-hybridized carbons (Fsp3) is 0.733. The zero-order valence-corrected chi connectivity index (χ0v) is 22.3. The molecule has 0 N–H and O–H groups in total. The molecule has 0 saturated heterocycles. The van der Waals surface area contributed by atoms with Gasteiger partial charge in [0.05, 0.1) is 0 Å². The molecule has 3 rings (SSSR count). The first kappa shape index (κ1) is 26.4. The third-order valence-corrected chi connectivity index (χ3v) is 8.76. The third kappa shape index (κ3) is 9.51. The van der Waals surface area contributed by atoms with E-state index in [-0.39, 0.29) is 0 Å². The molecular formula is C30H48N2S. The van der Waals surface area contributed by atoms with E-state index < -0.39 is 0 Å². The Balaban J connectivity index is 1.36. The van der Waals surface area contributed by atoms with Gasteiger partial charge in [-0.05, 0) is 50.0 Å². The fourth-order valence-electron chi connectivity index (χ4n) is 5.35. The molecule has 3 heteroatoms. The van der Waals surface area contributed by atoms with Gasteiger partial charge in [-0.1, -0.05) is 126 Å². The van der Waals surface area contributed by atoms with E-state index in [0.29, 0.717) is 5.92 Å². The smallest absolute Gasteiger partial charge is 0.143 e. The number of unbranched alkanes of at least 4 members (excludes halogenated alkanes) is 10. The van der Waals surface area contributed by atoms with Crippen LogP contribution >= 0.6 is 11.3 Å². The molecule has 2 nitrogen and oxygen atoms in total. The summed E-state index contributed by atoms with van der Waals surface area (Å²) in [6.45, 7) is 4.59. The molecule has 184 valence electrons. The van der Waals surface area contributed by atoms with Crippen molar-refractivity contribution >= 4 is 11.3 Å². The maximum Gasteiger partial charge on any atom is 0.147 e. The van der Waals surface area contributed by atoms with Gasteiger partial charge in [-0.3, -0.25) is 0 Å². The lowest BCUT2D eigenvalue weighted by Gasteiger charge is -2.27. The first-order chi connectivity index (χ1) is 16.3. The van der Waals surface area contributed by atoms with Crippen LogP contribution in [0.5, 0.6) is 0 Å². The minimum Gasteiger partial charge on any atom is -0.143 e. The van der Waals surface area contributed by atoms with Crippen LogP contribution in [0.2, 0.25) is 0 Å². The van der Waals surface area contributed by atoms with Gasteiger partial charge in [0.25, 0.3) is 0 Å².